The molecule has 0 atom stereocenters. The molecule has 174 valence electrons. The highest BCUT2D eigenvalue weighted by Gasteiger charge is 2.21. The fourth-order valence-corrected chi connectivity index (χ4v) is 3.51. The lowest BCUT2D eigenvalue weighted by atomic mass is 10.0. The summed E-state index contributed by atoms with van der Waals surface area (Å²) in [5, 5.41) is 12.5. The van der Waals surface area contributed by atoms with Gasteiger partial charge in [-0.3, -0.25) is 10.1 Å². The summed E-state index contributed by atoms with van der Waals surface area (Å²) >= 11 is 0. The average molecular weight is 460 g/mol. The predicted octanol–water partition coefficient (Wildman–Crippen LogP) is 2.40. The van der Waals surface area contributed by atoms with Crippen LogP contribution < -0.4 is 27.4 Å². The van der Waals surface area contributed by atoms with E-state index in [1.165, 1.54) is 10.8 Å². The number of nitrogen functional groups attached to an aromatic ring is 1. The molecule has 0 saturated heterocycles. The molecule has 0 aliphatic rings. The Labute approximate surface area is 195 Å². The molecule has 4 aromatic rings. The van der Waals surface area contributed by atoms with Crippen molar-refractivity contribution in [1.29, 1.82) is 0 Å². The Morgan fingerprint density at radius 2 is 1.88 bits per heavy atom. The number of urea groups is 1. The van der Waals surface area contributed by atoms with Crippen LogP contribution in [0.25, 0.3) is 16.6 Å². The highest BCUT2D eigenvalue weighted by atomic mass is 16.2. The number of hydrogen-bond donors (Lipinski definition) is 5. The highest BCUT2D eigenvalue weighted by molar-refractivity contribution is 6.07. The Morgan fingerprint density at radius 3 is 2.62 bits per heavy atom. The molecular formula is C23H25N9O2. The van der Waals surface area contributed by atoms with Gasteiger partial charge in [-0.05, 0) is 49.7 Å². The van der Waals surface area contributed by atoms with Gasteiger partial charge in [-0.25, -0.2) is 19.3 Å². The van der Waals surface area contributed by atoms with Gasteiger partial charge in [0.15, 0.2) is 5.82 Å². The molecule has 0 radical (unpaired) electrons. The molecule has 3 aromatic heterocycles. The fraction of sp³-hybridized carbons (Fsp3) is 0.174. The van der Waals surface area contributed by atoms with Gasteiger partial charge in [0.1, 0.15) is 17.7 Å². The van der Waals surface area contributed by atoms with Crippen molar-refractivity contribution in [3.05, 3.63) is 66.2 Å². The minimum absolute atomic E-state index is 0.248. The zero-order valence-electron chi connectivity index (χ0n) is 18.6. The fourth-order valence-electron chi connectivity index (χ4n) is 3.51. The topological polar surface area (TPSA) is 165 Å². The van der Waals surface area contributed by atoms with Gasteiger partial charge in [0.2, 0.25) is 0 Å². The van der Waals surface area contributed by atoms with Crippen LogP contribution in [-0.4, -0.2) is 44.6 Å². The number of nitrogens with zero attached hydrogens (tertiary/aromatic N) is 4. The summed E-state index contributed by atoms with van der Waals surface area (Å²) in [6.45, 7) is 2.78. The number of fused-ring (bicyclic) bond motifs is 1. The van der Waals surface area contributed by atoms with Crippen LogP contribution in [-0.2, 0) is 0 Å². The van der Waals surface area contributed by atoms with E-state index in [-0.39, 0.29) is 11.7 Å². The molecule has 0 saturated carbocycles. The first-order valence-electron chi connectivity index (χ1n) is 10.7. The number of carbonyl (C=O) groups is 2. The van der Waals surface area contributed by atoms with E-state index in [1.807, 2.05) is 19.1 Å². The number of rotatable bonds is 7. The molecule has 34 heavy (non-hydrogen) atoms. The molecule has 3 amide bonds. The van der Waals surface area contributed by atoms with Crippen LogP contribution in [0.2, 0.25) is 0 Å². The largest absolute Gasteiger partial charge is 0.382 e. The summed E-state index contributed by atoms with van der Waals surface area (Å²) in [5.74, 6) is 0.439. The van der Waals surface area contributed by atoms with E-state index in [0.29, 0.717) is 47.7 Å². The van der Waals surface area contributed by atoms with Gasteiger partial charge in [-0.1, -0.05) is 18.2 Å². The number of hydrogen-bond acceptors (Lipinski definition) is 7. The first kappa shape index (κ1) is 22.7. The normalized spacial score (nSPS) is 10.8. The molecule has 0 bridgehead atoms. The van der Waals surface area contributed by atoms with Gasteiger partial charge in [0, 0.05) is 29.7 Å². The summed E-state index contributed by atoms with van der Waals surface area (Å²) in [4.78, 5) is 33.5. The van der Waals surface area contributed by atoms with Crippen LogP contribution in [0.1, 0.15) is 22.5 Å². The lowest BCUT2D eigenvalue weighted by molar-refractivity contribution is 0.0954. The molecule has 11 heteroatoms. The molecule has 3 heterocycles. The van der Waals surface area contributed by atoms with Crippen molar-refractivity contribution in [2.24, 2.45) is 5.73 Å². The van der Waals surface area contributed by atoms with Gasteiger partial charge in [0.25, 0.3) is 5.91 Å². The molecule has 0 fully saturated rings. The Balaban J connectivity index is 1.59. The minimum Gasteiger partial charge on any atom is -0.382 e. The summed E-state index contributed by atoms with van der Waals surface area (Å²) in [6.07, 6.45) is 3.61. The molecule has 1 aromatic carbocycles. The first-order chi connectivity index (χ1) is 16.5. The van der Waals surface area contributed by atoms with E-state index in [4.69, 9.17) is 11.5 Å². The van der Waals surface area contributed by atoms with Crippen LogP contribution in [0.5, 0.6) is 0 Å². The molecule has 11 nitrogen and oxygen atoms in total. The van der Waals surface area contributed by atoms with Crippen LogP contribution in [0.4, 0.5) is 22.1 Å². The Kier molecular flexibility index (Phi) is 6.64. The quantitative estimate of drug-likeness (QED) is 0.265. The monoisotopic (exact) mass is 459 g/mol. The maximum Gasteiger partial charge on any atom is 0.324 e. The third-order valence-electron chi connectivity index (χ3n) is 5.07. The number of benzene rings is 1. The summed E-state index contributed by atoms with van der Waals surface area (Å²) < 4.78 is 1.53. The molecule has 7 N–H and O–H groups in total. The van der Waals surface area contributed by atoms with Crippen LogP contribution >= 0.6 is 0 Å². The van der Waals surface area contributed by atoms with Gasteiger partial charge in [-0.15, -0.1) is 0 Å². The Hall–Kier alpha value is -4.51. The first-order valence-corrected chi connectivity index (χ1v) is 10.7. The van der Waals surface area contributed by atoms with Gasteiger partial charge in [0.05, 0.1) is 5.56 Å². The standard InChI is InChI=1S/C23H25N9O2/c1-14-4-2-5-18(29-14)31-23(34)30-16-8-6-15(7-9-16)19-17(22(33)26-11-3-10-24)12-32-20(19)21(25)27-13-28-32/h2,4-9,12-13H,3,10-11,24H2,1H3,(H,26,33)(H2,25,27,28)(H2,29,30,31,34). The SMILES string of the molecule is Cc1cccc(NC(=O)Nc2ccc(-c3c(C(=O)NCCCN)cn4ncnc(N)c34)cc2)n1. The van der Waals surface area contributed by atoms with Crippen molar-refractivity contribution >= 4 is 34.8 Å². The van der Waals surface area contributed by atoms with Crippen LogP contribution in [0, 0.1) is 6.92 Å². The van der Waals surface area contributed by atoms with E-state index < -0.39 is 6.03 Å². The van der Waals surface area contributed by atoms with Gasteiger partial charge in [-0.2, -0.15) is 5.10 Å². The number of aryl methyl sites for hydroxylation is 1. The minimum atomic E-state index is -0.419. The van der Waals surface area contributed by atoms with E-state index in [0.717, 1.165) is 11.3 Å². The molecule has 4 rings (SSSR count). The Bertz CT molecular complexity index is 1330. The van der Waals surface area contributed by atoms with Crippen molar-refractivity contribution in [1.82, 2.24) is 24.9 Å². The van der Waals surface area contributed by atoms with E-state index >= 15 is 0 Å². The molecule has 0 unspecified atom stereocenters. The van der Waals surface area contributed by atoms with Crippen molar-refractivity contribution in [3.8, 4) is 11.1 Å². The summed E-state index contributed by atoms with van der Waals surface area (Å²) in [7, 11) is 0. The lowest BCUT2D eigenvalue weighted by Crippen LogP contribution is -2.26. The molecule has 0 aliphatic carbocycles. The molecule has 0 aliphatic heterocycles. The summed E-state index contributed by atoms with van der Waals surface area (Å²) in [5.41, 5.74) is 15.3. The maximum absolute atomic E-state index is 12.9. The maximum atomic E-state index is 12.9. The van der Waals surface area contributed by atoms with Crippen LogP contribution in [0.3, 0.4) is 0 Å². The molecular weight excluding hydrogens is 434 g/mol. The zero-order valence-corrected chi connectivity index (χ0v) is 18.6. The van der Waals surface area contributed by atoms with Crippen molar-refractivity contribution in [3.63, 3.8) is 0 Å². The third-order valence-corrected chi connectivity index (χ3v) is 5.07. The summed E-state index contributed by atoms with van der Waals surface area (Å²) in [6, 6.07) is 12.0. The second-order valence-electron chi connectivity index (χ2n) is 7.58. The smallest absolute Gasteiger partial charge is 0.324 e. The number of aromatic nitrogens is 4. The number of anilines is 3. The molecule has 0 spiro atoms. The Morgan fingerprint density at radius 1 is 1.09 bits per heavy atom. The zero-order chi connectivity index (χ0) is 24.1. The van der Waals surface area contributed by atoms with Gasteiger partial charge < -0.3 is 22.1 Å². The predicted molar refractivity (Wildman–Crippen MR) is 130 cm³/mol. The highest BCUT2D eigenvalue weighted by Crippen LogP contribution is 2.33. The number of amides is 3. The number of nitrogens with two attached hydrogens (primary N) is 2. The van der Waals surface area contributed by atoms with Crippen LogP contribution in [0.15, 0.2) is 55.0 Å². The van der Waals surface area contributed by atoms with E-state index in [9.17, 15) is 9.59 Å². The van der Waals surface area contributed by atoms with Crippen molar-refractivity contribution in [2.75, 3.05) is 29.5 Å². The van der Waals surface area contributed by atoms with Gasteiger partial charge >= 0.3 is 6.03 Å². The van der Waals surface area contributed by atoms with Crippen molar-refractivity contribution < 1.29 is 9.59 Å². The second kappa shape index (κ2) is 9.96. The third kappa shape index (κ3) is 4.94. The van der Waals surface area contributed by atoms with Crippen molar-refractivity contribution in [2.45, 2.75) is 13.3 Å². The number of nitrogens with one attached hydrogen (secondary N) is 3. The second-order valence-corrected chi connectivity index (χ2v) is 7.58. The number of carbonyl (C=O) groups excluding carboxylic acids is 2. The van der Waals surface area contributed by atoms with E-state index in [1.54, 1.807) is 36.5 Å². The van der Waals surface area contributed by atoms with E-state index in [2.05, 4.69) is 31.0 Å². The average Bonchev–Trinajstić information content (AvgIpc) is 3.21. The lowest BCUT2D eigenvalue weighted by Gasteiger charge is -2.10. The number of pyridine rings is 1.